The van der Waals surface area contributed by atoms with Gasteiger partial charge in [0.25, 0.3) is 0 Å². The van der Waals surface area contributed by atoms with E-state index in [0.29, 0.717) is 5.92 Å². The molecule has 0 fully saturated rings. The van der Waals surface area contributed by atoms with Crippen LogP contribution in [0.1, 0.15) is 32.3 Å². The Kier molecular flexibility index (Phi) is 3.70. The number of aryl methyl sites for hydroxylation is 1. The molecule has 1 heterocycles. The Balaban J connectivity index is 2.00. The van der Waals surface area contributed by atoms with Gasteiger partial charge in [-0.3, -0.25) is 0 Å². The standard InChI is InChI=1S/C14H21NO/c1-3-11(2)10-16-13-7-6-12-5-4-8-15-14(12)9-13/h6-7,9,11,15H,3-5,8,10H2,1-2H3. The van der Waals surface area contributed by atoms with E-state index >= 15 is 0 Å². The Morgan fingerprint density at radius 1 is 1.44 bits per heavy atom. The van der Waals surface area contributed by atoms with Crippen LogP contribution < -0.4 is 10.1 Å². The van der Waals surface area contributed by atoms with Gasteiger partial charge in [-0.2, -0.15) is 0 Å². The van der Waals surface area contributed by atoms with Crippen molar-refractivity contribution in [2.75, 3.05) is 18.5 Å². The normalized spacial score (nSPS) is 16.1. The van der Waals surface area contributed by atoms with Gasteiger partial charge < -0.3 is 10.1 Å². The molecule has 0 saturated carbocycles. The van der Waals surface area contributed by atoms with Crippen LogP contribution in [0.15, 0.2) is 18.2 Å². The number of rotatable bonds is 4. The minimum atomic E-state index is 0.629. The largest absolute Gasteiger partial charge is 0.493 e. The molecule has 1 aliphatic rings. The van der Waals surface area contributed by atoms with Crippen molar-refractivity contribution in [3.05, 3.63) is 23.8 Å². The summed E-state index contributed by atoms with van der Waals surface area (Å²) in [6, 6.07) is 6.42. The summed E-state index contributed by atoms with van der Waals surface area (Å²) in [5, 5.41) is 3.42. The third kappa shape index (κ3) is 2.69. The molecule has 88 valence electrons. The first kappa shape index (κ1) is 11.3. The third-order valence-electron chi connectivity index (χ3n) is 3.25. The lowest BCUT2D eigenvalue weighted by Crippen LogP contribution is -2.12. The summed E-state index contributed by atoms with van der Waals surface area (Å²) in [7, 11) is 0. The van der Waals surface area contributed by atoms with Gasteiger partial charge in [-0.15, -0.1) is 0 Å². The van der Waals surface area contributed by atoms with Crippen LogP contribution >= 0.6 is 0 Å². The number of hydrogen-bond donors (Lipinski definition) is 1. The molecule has 1 aromatic rings. The van der Waals surface area contributed by atoms with Crippen molar-refractivity contribution in [2.24, 2.45) is 5.92 Å². The summed E-state index contributed by atoms with van der Waals surface area (Å²) in [6.45, 7) is 6.32. The molecule has 0 amide bonds. The van der Waals surface area contributed by atoms with E-state index in [4.69, 9.17) is 4.74 Å². The number of ether oxygens (including phenoxy) is 1. The fourth-order valence-electron chi connectivity index (χ4n) is 1.89. The number of anilines is 1. The summed E-state index contributed by atoms with van der Waals surface area (Å²) in [5.41, 5.74) is 2.68. The molecule has 0 spiro atoms. The van der Waals surface area contributed by atoms with Crippen molar-refractivity contribution in [3.63, 3.8) is 0 Å². The quantitative estimate of drug-likeness (QED) is 0.837. The molecule has 1 N–H and O–H groups in total. The van der Waals surface area contributed by atoms with Gasteiger partial charge >= 0.3 is 0 Å². The zero-order chi connectivity index (χ0) is 11.4. The summed E-state index contributed by atoms with van der Waals surface area (Å²) in [6.07, 6.45) is 3.59. The van der Waals surface area contributed by atoms with Gasteiger partial charge in [-0.1, -0.05) is 26.3 Å². The highest BCUT2D eigenvalue weighted by Crippen LogP contribution is 2.26. The molecule has 0 aromatic heterocycles. The molecule has 0 bridgehead atoms. The lowest BCUT2D eigenvalue weighted by Gasteiger charge is -2.19. The van der Waals surface area contributed by atoms with Crippen LogP contribution in [0.2, 0.25) is 0 Å². The van der Waals surface area contributed by atoms with Crippen LogP contribution in [0.25, 0.3) is 0 Å². The van der Waals surface area contributed by atoms with E-state index in [1.165, 1.54) is 30.5 Å². The van der Waals surface area contributed by atoms with Crippen molar-refractivity contribution in [3.8, 4) is 5.75 Å². The Morgan fingerprint density at radius 3 is 3.12 bits per heavy atom. The molecule has 16 heavy (non-hydrogen) atoms. The lowest BCUT2D eigenvalue weighted by atomic mass is 10.0. The summed E-state index contributed by atoms with van der Waals surface area (Å²) in [5.74, 6) is 1.62. The van der Waals surface area contributed by atoms with Gasteiger partial charge in [0.05, 0.1) is 6.61 Å². The zero-order valence-electron chi connectivity index (χ0n) is 10.3. The van der Waals surface area contributed by atoms with Gasteiger partial charge in [-0.25, -0.2) is 0 Å². The van der Waals surface area contributed by atoms with Crippen LogP contribution in [0, 0.1) is 5.92 Å². The fraction of sp³-hybridized carbons (Fsp3) is 0.571. The molecule has 1 unspecified atom stereocenters. The predicted octanol–water partition coefficient (Wildman–Crippen LogP) is 3.47. The second-order valence-corrected chi connectivity index (χ2v) is 4.67. The van der Waals surface area contributed by atoms with Gasteiger partial charge in [0.1, 0.15) is 5.75 Å². The maximum atomic E-state index is 5.78. The molecule has 1 aliphatic heterocycles. The number of nitrogens with one attached hydrogen (secondary N) is 1. The molecule has 2 heteroatoms. The first-order valence-corrected chi connectivity index (χ1v) is 6.29. The molecule has 2 nitrogen and oxygen atoms in total. The first-order chi connectivity index (χ1) is 7.79. The van der Waals surface area contributed by atoms with Crippen molar-refractivity contribution in [1.82, 2.24) is 0 Å². The molecule has 0 radical (unpaired) electrons. The maximum absolute atomic E-state index is 5.78. The molecular formula is C14H21NO. The van der Waals surface area contributed by atoms with Gasteiger partial charge in [-0.05, 0) is 30.4 Å². The van der Waals surface area contributed by atoms with Crippen LogP contribution in [0.4, 0.5) is 5.69 Å². The summed E-state index contributed by atoms with van der Waals surface area (Å²) >= 11 is 0. The molecule has 1 atom stereocenters. The SMILES string of the molecule is CCC(C)COc1ccc2c(c1)NCCC2. The Labute approximate surface area is 98.0 Å². The second-order valence-electron chi connectivity index (χ2n) is 4.67. The smallest absolute Gasteiger partial charge is 0.121 e. The molecule has 1 aromatic carbocycles. The lowest BCUT2D eigenvalue weighted by molar-refractivity contribution is 0.256. The van der Waals surface area contributed by atoms with Gasteiger partial charge in [0.15, 0.2) is 0 Å². The van der Waals surface area contributed by atoms with E-state index in [1.807, 2.05) is 0 Å². The van der Waals surface area contributed by atoms with Crippen molar-refractivity contribution < 1.29 is 4.74 Å². The van der Waals surface area contributed by atoms with Crippen LogP contribution in [0.5, 0.6) is 5.75 Å². The highest BCUT2D eigenvalue weighted by Gasteiger charge is 2.09. The number of hydrogen-bond acceptors (Lipinski definition) is 2. The van der Waals surface area contributed by atoms with Gasteiger partial charge in [0.2, 0.25) is 0 Å². The van der Waals surface area contributed by atoms with E-state index in [0.717, 1.165) is 18.9 Å². The summed E-state index contributed by atoms with van der Waals surface area (Å²) in [4.78, 5) is 0. The number of benzene rings is 1. The molecule has 0 saturated heterocycles. The Morgan fingerprint density at radius 2 is 2.31 bits per heavy atom. The van der Waals surface area contributed by atoms with Crippen molar-refractivity contribution in [2.45, 2.75) is 33.1 Å². The highest BCUT2D eigenvalue weighted by molar-refractivity contribution is 5.56. The van der Waals surface area contributed by atoms with E-state index < -0.39 is 0 Å². The van der Waals surface area contributed by atoms with E-state index in [9.17, 15) is 0 Å². The highest BCUT2D eigenvalue weighted by atomic mass is 16.5. The second kappa shape index (κ2) is 5.24. The van der Waals surface area contributed by atoms with Crippen LogP contribution in [-0.2, 0) is 6.42 Å². The third-order valence-corrected chi connectivity index (χ3v) is 3.25. The summed E-state index contributed by atoms with van der Waals surface area (Å²) < 4.78 is 5.78. The monoisotopic (exact) mass is 219 g/mol. The van der Waals surface area contributed by atoms with Crippen LogP contribution in [0.3, 0.4) is 0 Å². The predicted molar refractivity (Wildman–Crippen MR) is 68.2 cm³/mol. The van der Waals surface area contributed by atoms with Crippen LogP contribution in [-0.4, -0.2) is 13.2 Å². The minimum Gasteiger partial charge on any atom is -0.493 e. The molecule has 0 aliphatic carbocycles. The van der Waals surface area contributed by atoms with E-state index in [2.05, 4.69) is 37.4 Å². The van der Waals surface area contributed by atoms with E-state index in [1.54, 1.807) is 0 Å². The maximum Gasteiger partial charge on any atom is 0.121 e. The van der Waals surface area contributed by atoms with Gasteiger partial charge in [0, 0.05) is 18.3 Å². The van der Waals surface area contributed by atoms with Crippen molar-refractivity contribution >= 4 is 5.69 Å². The van der Waals surface area contributed by atoms with Crippen molar-refractivity contribution in [1.29, 1.82) is 0 Å². The minimum absolute atomic E-state index is 0.629. The average molecular weight is 219 g/mol. The van der Waals surface area contributed by atoms with E-state index in [-0.39, 0.29) is 0 Å². The Hall–Kier alpha value is -1.18. The number of fused-ring (bicyclic) bond motifs is 1. The topological polar surface area (TPSA) is 21.3 Å². The fourth-order valence-corrected chi connectivity index (χ4v) is 1.89. The zero-order valence-corrected chi connectivity index (χ0v) is 10.3. The Bertz CT molecular complexity index is 349. The molecule has 2 rings (SSSR count). The first-order valence-electron chi connectivity index (χ1n) is 6.29. The molecular weight excluding hydrogens is 198 g/mol. The average Bonchev–Trinajstić information content (AvgIpc) is 2.35.